The standard InChI is InChI=1S/C53H99N2O6P/c1-6-8-10-12-14-16-18-20-22-23-24-25-26-27-28-29-30-31-33-35-37-39-41-43-45-47-53(57)54-51(50-61-62(58,59)60-49-48-55(3,4)5)52(56)46-44-42-40-38-36-34-32-21-19-17-15-13-11-9-7-2/h8,10,14,16,20,22,24-25,27-28,51-52,56H,6-7,9,11-13,15,17-19,21,23,26,29-50H2,1-5H3,(H-,54,57,58,59)/p+1/b10-8-,16-14-,22-20-,25-24-,28-27-. The molecule has 0 aromatic heterocycles. The van der Waals surface area contributed by atoms with Crippen LogP contribution in [0.5, 0.6) is 0 Å². The van der Waals surface area contributed by atoms with E-state index in [0.717, 1.165) is 77.0 Å². The lowest BCUT2D eigenvalue weighted by molar-refractivity contribution is -0.870. The van der Waals surface area contributed by atoms with Gasteiger partial charge in [0, 0.05) is 6.42 Å². The van der Waals surface area contributed by atoms with Gasteiger partial charge in [0.2, 0.25) is 5.91 Å². The van der Waals surface area contributed by atoms with Crippen molar-refractivity contribution in [3.63, 3.8) is 0 Å². The van der Waals surface area contributed by atoms with Crippen molar-refractivity contribution in [1.82, 2.24) is 5.32 Å². The first-order valence-corrected chi connectivity index (χ1v) is 27.1. The van der Waals surface area contributed by atoms with Gasteiger partial charge in [-0.2, -0.15) is 0 Å². The summed E-state index contributed by atoms with van der Waals surface area (Å²) in [6.07, 6.45) is 58.2. The number of quaternary nitrogens is 1. The number of hydrogen-bond donors (Lipinski definition) is 3. The quantitative estimate of drug-likeness (QED) is 0.0243. The third kappa shape index (κ3) is 46.2. The Bertz CT molecular complexity index is 1190. The van der Waals surface area contributed by atoms with Crippen LogP contribution in [0.15, 0.2) is 60.8 Å². The summed E-state index contributed by atoms with van der Waals surface area (Å²) >= 11 is 0. The number of unbranched alkanes of at least 4 members (excludes halogenated alkanes) is 23. The van der Waals surface area contributed by atoms with Gasteiger partial charge in [-0.05, 0) is 57.8 Å². The van der Waals surface area contributed by atoms with E-state index in [0.29, 0.717) is 23.9 Å². The molecule has 0 saturated carbocycles. The number of nitrogens with zero attached hydrogens (tertiary/aromatic N) is 1. The van der Waals surface area contributed by atoms with Crippen molar-refractivity contribution in [2.45, 2.75) is 231 Å². The molecule has 0 rings (SSSR count). The zero-order chi connectivity index (χ0) is 45.7. The fourth-order valence-corrected chi connectivity index (χ4v) is 7.99. The lowest BCUT2D eigenvalue weighted by Crippen LogP contribution is -2.46. The Kier molecular flexibility index (Phi) is 43.1. The van der Waals surface area contributed by atoms with Gasteiger partial charge in [0.15, 0.2) is 0 Å². The Morgan fingerprint density at radius 2 is 0.968 bits per heavy atom. The van der Waals surface area contributed by atoms with E-state index >= 15 is 0 Å². The number of allylic oxidation sites excluding steroid dienone is 10. The molecule has 3 unspecified atom stereocenters. The van der Waals surface area contributed by atoms with Crippen LogP contribution >= 0.6 is 7.82 Å². The topological polar surface area (TPSA) is 105 Å². The maximum absolute atomic E-state index is 13.0. The van der Waals surface area contributed by atoms with Crippen LogP contribution in [0.25, 0.3) is 0 Å². The number of amides is 1. The van der Waals surface area contributed by atoms with Crippen molar-refractivity contribution in [3.05, 3.63) is 60.8 Å². The van der Waals surface area contributed by atoms with Gasteiger partial charge < -0.3 is 19.8 Å². The molecule has 0 aliphatic rings. The second-order valence-electron chi connectivity index (χ2n) is 18.5. The molecule has 0 radical (unpaired) electrons. The predicted molar refractivity (Wildman–Crippen MR) is 267 cm³/mol. The molecule has 3 N–H and O–H groups in total. The maximum Gasteiger partial charge on any atom is 0.472 e. The summed E-state index contributed by atoms with van der Waals surface area (Å²) in [6.45, 7) is 4.77. The average Bonchev–Trinajstić information content (AvgIpc) is 3.23. The van der Waals surface area contributed by atoms with Crippen LogP contribution in [0.1, 0.15) is 219 Å². The van der Waals surface area contributed by atoms with E-state index in [2.05, 4.69) is 79.9 Å². The molecule has 8 nitrogen and oxygen atoms in total. The number of carbonyl (C=O) groups is 1. The van der Waals surface area contributed by atoms with E-state index in [9.17, 15) is 19.4 Å². The Morgan fingerprint density at radius 3 is 1.42 bits per heavy atom. The fraction of sp³-hybridized carbons (Fsp3) is 0.792. The van der Waals surface area contributed by atoms with E-state index in [1.807, 2.05) is 21.1 Å². The molecule has 62 heavy (non-hydrogen) atoms. The van der Waals surface area contributed by atoms with Crippen molar-refractivity contribution in [1.29, 1.82) is 0 Å². The van der Waals surface area contributed by atoms with Crippen LogP contribution in [0.2, 0.25) is 0 Å². The molecular formula is C53H100N2O6P+. The monoisotopic (exact) mass is 892 g/mol. The number of phosphoric acid groups is 1. The van der Waals surface area contributed by atoms with Crippen LogP contribution in [0.4, 0.5) is 0 Å². The highest BCUT2D eigenvalue weighted by Gasteiger charge is 2.28. The molecule has 9 heteroatoms. The summed E-state index contributed by atoms with van der Waals surface area (Å²) < 4.78 is 23.7. The van der Waals surface area contributed by atoms with E-state index < -0.39 is 20.0 Å². The number of phosphoric ester groups is 1. The second kappa shape index (κ2) is 44.4. The molecule has 0 aromatic carbocycles. The predicted octanol–water partition coefficient (Wildman–Crippen LogP) is 15.0. The van der Waals surface area contributed by atoms with Crippen LogP contribution < -0.4 is 5.32 Å². The second-order valence-corrected chi connectivity index (χ2v) is 20.0. The number of carbonyl (C=O) groups excluding carboxylic acids is 1. The molecule has 0 fully saturated rings. The van der Waals surface area contributed by atoms with Crippen molar-refractivity contribution in [3.8, 4) is 0 Å². The van der Waals surface area contributed by atoms with E-state index in [4.69, 9.17) is 9.05 Å². The molecule has 0 aliphatic heterocycles. The van der Waals surface area contributed by atoms with E-state index in [-0.39, 0.29) is 19.1 Å². The average molecular weight is 892 g/mol. The van der Waals surface area contributed by atoms with Gasteiger partial charge in [-0.1, -0.05) is 216 Å². The molecule has 0 saturated heterocycles. The third-order valence-corrected chi connectivity index (χ3v) is 12.3. The van der Waals surface area contributed by atoms with E-state index in [1.54, 1.807) is 0 Å². The highest BCUT2D eigenvalue weighted by Crippen LogP contribution is 2.43. The van der Waals surface area contributed by atoms with Gasteiger partial charge in [-0.25, -0.2) is 4.57 Å². The molecule has 0 aromatic rings. The van der Waals surface area contributed by atoms with Gasteiger partial charge in [0.05, 0.1) is 39.9 Å². The summed E-state index contributed by atoms with van der Waals surface area (Å²) in [5, 5.41) is 14.0. The number of likely N-dealkylation sites (N-methyl/N-ethyl adjacent to an activating group) is 1. The van der Waals surface area contributed by atoms with E-state index in [1.165, 1.54) is 116 Å². The van der Waals surface area contributed by atoms with Gasteiger partial charge in [0.25, 0.3) is 0 Å². The summed E-state index contributed by atoms with van der Waals surface area (Å²) in [7, 11) is 1.61. The Hall–Kier alpha value is -1.80. The van der Waals surface area contributed by atoms with Crippen LogP contribution in [-0.4, -0.2) is 73.4 Å². The maximum atomic E-state index is 13.0. The zero-order valence-corrected chi connectivity index (χ0v) is 42.0. The van der Waals surface area contributed by atoms with Crippen molar-refractivity contribution < 1.29 is 32.9 Å². The molecule has 362 valence electrons. The van der Waals surface area contributed by atoms with Crippen LogP contribution in [0.3, 0.4) is 0 Å². The first kappa shape index (κ1) is 60.2. The molecule has 1 amide bonds. The SMILES string of the molecule is CC/C=C\C/C=C\C/C=C\C/C=C\C/C=C\CCCCCCCCCCCC(=O)NC(COP(=O)(O)OCC[N+](C)(C)C)C(O)CCCCCCCCCCCCCCCCC. The van der Waals surface area contributed by atoms with Crippen LogP contribution in [-0.2, 0) is 18.4 Å². The molecule has 0 aliphatic carbocycles. The lowest BCUT2D eigenvalue weighted by Gasteiger charge is -2.26. The summed E-state index contributed by atoms with van der Waals surface area (Å²) in [4.78, 5) is 23.3. The molecule has 0 bridgehead atoms. The summed E-state index contributed by atoms with van der Waals surface area (Å²) in [5.74, 6) is -0.152. The molecular weight excluding hydrogens is 792 g/mol. The number of nitrogens with one attached hydrogen (secondary N) is 1. The van der Waals surface area contributed by atoms with Crippen molar-refractivity contribution in [2.75, 3.05) is 40.9 Å². The number of aliphatic hydroxyl groups is 1. The number of aliphatic hydroxyl groups excluding tert-OH is 1. The largest absolute Gasteiger partial charge is 0.472 e. The molecule has 0 spiro atoms. The normalized spacial score (nSPS) is 14.6. The highest BCUT2D eigenvalue weighted by molar-refractivity contribution is 7.47. The van der Waals surface area contributed by atoms with Gasteiger partial charge in [0.1, 0.15) is 13.2 Å². The van der Waals surface area contributed by atoms with Crippen molar-refractivity contribution >= 4 is 13.7 Å². The zero-order valence-electron chi connectivity index (χ0n) is 41.1. The fourth-order valence-electron chi connectivity index (χ4n) is 7.25. The van der Waals surface area contributed by atoms with Crippen LogP contribution in [0, 0.1) is 0 Å². The van der Waals surface area contributed by atoms with Gasteiger partial charge >= 0.3 is 7.82 Å². The summed E-state index contributed by atoms with van der Waals surface area (Å²) in [6, 6.07) is -0.766. The number of rotatable bonds is 46. The lowest BCUT2D eigenvalue weighted by atomic mass is 10.0. The van der Waals surface area contributed by atoms with Gasteiger partial charge in [-0.3, -0.25) is 13.8 Å². The first-order chi connectivity index (χ1) is 30.0. The highest BCUT2D eigenvalue weighted by atomic mass is 31.2. The number of hydrogen-bond acceptors (Lipinski definition) is 5. The first-order valence-electron chi connectivity index (χ1n) is 25.7. The minimum Gasteiger partial charge on any atom is -0.391 e. The Morgan fingerprint density at radius 1 is 0.565 bits per heavy atom. The third-order valence-electron chi connectivity index (χ3n) is 11.3. The molecule has 3 atom stereocenters. The Labute approximate surface area is 383 Å². The minimum absolute atomic E-state index is 0.0712. The minimum atomic E-state index is -4.32. The van der Waals surface area contributed by atoms with Crippen molar-refractivity contribution in [2.24, 2.45) is 0 Å². The molecule has 0 heterocycles. The summed E-state index contributed by atoms with van der Waals surface area (Å²) in [5.41, 5.74) is 0. The smallest absolute Gasteiger partial charge is 0.391 e. The van der Waals surface area contributed by atoms with Gasteiger partial charge in [-0.15, -0.1) is 0 Å². The Balaban J connectivity index is 4.25.